The molecule has 0 aliphatic heterocycles. The number of carbonyl (C=O) groups excluding carboxylic acids is 2. The van der Waals surface area contributed by atoms with Crippen LogP contribution in [0.2, 0.25) is 0 Å². The van der Waals surface area contributed by atoms with Crippen molar-refractivity contribution in [3.63, 3.8) is 0 Å². The van der Waals surface area contributed by atoms with E-state index in [0.29, 0.717) is 4.88 Å². The van der Waals surface area contributed by atoms with Gasteiger partial charge in [-0.2, -0.15) is 0 Å². The minimum Gasteiger partial charge on any atom is -0.479 e. The van der Waals surface area contributed by atoms with Crippen LogP contribution in [0.3, 0.4) is 0 Å². The maximum atomic E-state index is 11.4. The van der Waals surface area contributed by atoms with Gasteiger partial charge < -0.3 is 15.7 Å². The van der Waals surface area contributed by atoms with Gasteiger partial charge in [0.1, 0.15) is 0 Å². The van der Waals surface area contributed by atoms with Crippen LogP contribution < -0.4 is 10.6 Å². The van der Waals surface area contributed by atoms with Crippen molar-refractivity contribution in [2.24, 2.45) is 0 Å². The van der Waals surface area contributed by atoms with E-state index in [9.17, 15) is 14.4 Å². The Morgan fingerprint density at radius 1 is 1.47 bits per heavy atom. The zero-order valence-corrected chi connectivity index (χ0v) is 9.91. The maximum absolute atomic E-state index is 11.4. The number of hydrogen-bond acceptors (Lipinski definition) is 4. The summed E-state index contributed by atoms with van der Waals surface area (Å²) in [4.78, 5) is 33.5. The number of amides is 2. The van der Waals surface area contributed by atoms with Gasteiger partial charge in [-0.15, -0.1) is 11.3 Å². The molecule has 0 saturated carbocycles. The van der Waals surface area contributed by atoms with Gasteiger partial charge in [-0.05, 0) is 11.4 Å². The van der Waals surface area contributed by atoms with Crippen molar-refractivity contribution < 1.29 is 19.5 Å². The molecule has 1 aromatic heterocycles. The fourth-order valence-corrected chi connectivity index (χ4v) is 1.89. The van der Waals surface area contributed by atoms with Crippen LogP contribution in [0, 0.1) is 0 Å². The van der Waals surface area contributed by atoms with Gasteiger partial charge in [0.25, 0.3) is 0 Å². The molecule has 3 N–H and O–H groups in total. The molecule has 0 radical (unpaired) electrons. The second-order valence-corrected chi connectivity index (χ2v) is 4.24. The van der Waals surface area contributed by atoms with Crippen molar-refractivity contribution in [1.29, 1.82) is 0 Å². The molecule has 6 nitrogen and oxygen atoms in total. The van der Waals surface area contributed by atoms with Crippen LogP contribution >= 0.6 is 11.3 Å². The summed E-state index contributed by atoms with van der Waals surface area (Å²) >= 11 is 1.24. The number of nitrogens with one attached hydrogen (secondary N) is 2. The van der Waals surface area contributed by atoms with E-state index < -0.39 is 17.9 Å². The molecule has 0 fully saturated rings. The Hall–Kier alpha value is -1.89. The van der Waals surface area contributed by atoms with Gasteiger partial charge in [0.2, 0.25) is 11.8 Å². The molecule has 92 valence electrons. The second kappa shape index (κ2) is 6.00. The van der Waals surface area contributed by atoms with Gasteiger partial charge in [0.15, 0.2) is 6.04 Å². The zero-order chi connectivity index (χ0) is 12.8. The summed E-state index contributed by atoms with van der Waals surface area (Å²) in [7, 11) is 0. The monoisotopic (exact) mass is 256 g/mol. The normalized spacial score (nSPS) is 11.6. The Labute approximate surface area is 102 Å². The quantitative estimate of drug-likeness (QED) is 0.697. The van der Waals surface area contributed by atoms with Crippen molar-refractivity contribution in [3.8, 4) is 0 Å². The Bertz CT molecular complexity index is 416. The van der Waals surface area contributed by atoms with E-state index in [2.05, 4.69) is 10.6 Å². The number of rotatable bonds is 5. The highest BCUT2D eigenvalue weighted by Crippen LogP contribution is 2.18. The number of hydrogen-bond donors (Lipinski definition) is 3. The van der Waals surface area contributed by atoms with Gasteiger partial charge >= 0.3 is 5.97 Å². The summed E-state index contributed by atoms with van der Waals surface area (Å²) in [5.74, 6) is -2.02. The molecule has 2 amide bonds. The highest BCUT2D eigenvalue weighted by atomic mass is 32.1. The SMILES string of the molecule is CC(=O)NCC(=O)NC(C(=O)O)c1cccs1. The lowest BCUT2D eigenvalue weighted by Crippen LogP contribution is -2.40. The van der Waals surface area contributed by atoms with Gasteiger partial charge in [-0.1, -0.05) is 6.07 Å². The number of aliphatic carboxylic acids is 1. The third-order valence-corrected chi connectivity index (χ3v) is 2.82. The van der Waals surface area contributed by atoms with Crippen LogP contribution in [0.15, 0.2) is 17.5 Å². The molecule has 0 spiro atoms. The van der Waals surface area contributed by atoms with Crippen molar-refractivity contribution in [2.75, 3.05) is 6.54 Å². The van der Waals surface area contributed by atoms with Crippen molar-refractivity contribution >= 4 is 29.1 Å². The van der Waals surface area contributed by atoms with Crippen LogP contribution in [-0.2, 0) is 14.4 Å². The van der Waals surface area contributed by atoms with Crippen LogP contribution in [0.1, 0.15) is 17.8 Å². The molecule has 1 aromatic rings. The topological polar surface area (TPSA) is 95.5 Å². The maximum Gasteiger partial charge on any atom is 0.331 e. The van der Waals surface area contributed by atoms with Gasteiger partial charge in [0, 0.05) is 11.8 Å². The van der Waals surface area contributed by atoms with Crippen LogP contribution in [0.25, 0.3) is 0 Å². The van der Waals surface area contributed by atoms with Crippen LogP contribution in [0.5, 0.6) is 0 Å². The molecule has 0 aliphatic carbocycles. The first-order valence-corrected chi connectivity index (χ1v) is 5.68. The molecule has 1 heterocycles. The minimum atomic E-state index is -1.14. The molecule has 7 heteroatoms. The van der Waals surface area contributed by atoms with Crippen molar-refractivity contribution in [2.45, 2.75) is 13.0 Å². The highest BCUT2D eigenvalue weighted by Gasteiger charge is 2.22. The molecule has 1 atom stereocenters. The largest absolute Gasteiger partial charge is 0.479 e. The van der Waals surface area contributed by atoms with Gasteiger partial charge in [0.05, 0.1) is 6.54 Å². The Morgan fingerprint density at radius 2 is 2.18 bits per heavy atom. The van der Waals surface area contributed by atoms with Gasteiger partial charge in [-0.25, -0.2) is 4.79 Å². The fraction of sp³-hybridized carbons (Fsp3) is 0.300. The van der Waals surface area contributed by atoms with Crippen molar-refractivity contribution in [1.82, 2.24) is 10.6 Å². The summed E-state index contributed by atoms with van der Waals surface area (Å²) < 4.78 is 0. The number of carboxylic acids is 1. The summed E-state index contributed by atoms with van der Waals surface area (Å²) in [6.45, 7) is 1.05. The molecular formula is C10H12N2O4S. The van der Waals surface area contributed by atoms with E-state index in [1.807, 2.05) is 0 Å². The van der Waals surface area contributed by atoms with Crippen LogP contribution in [-0.4, -0.2) is 29.4 Å². The fourth-order valence-electron chi connectivity index (χ4n) is 1.13. The van der Waals surface area contributed by atoms with Gasteiger partial charge in [-0.3, -0.25) is 9.59 Å². The number of carboxylic acid groups (broad SMARTS) is 1. The predicted octanol–water partition coefficient (Wildman–Crippen LogP) is 0.126. The summed E-state index contributed by atoms with van der Waals surface area (Å²) in [5, 5.41) is 15.3. The summed E-state index contributed by atoms with van der Waals surface area (Å²) in [6, 6.07) is 2.26. The third kappa shape index (κ3) is 4.23. The van der Waals surface area contributed by atoms with E-state index in [0.717, 1.165) is 0 Å². The van der Waals surface area contributed by atoms with E-state index in [4.69, 9.17) is 5.11 Å². The average Bonchev–Trinajstić information content (AvgIpc) is 2.75. The molecule has 1 unspecified atom stereocenters. The lowest BCUT2D eigenvalue weighted by atomic mass is 10.2. The lowest BCUT2D eigenvalue weighted by molar-refractivity contribution is -0.141. The first kappa shape index (κ1) is 13.2. The van der Waals surface area contributed by atoms with E-state index in [1.165, 1.54) is 18.3 Å². The molecule has 0 aliphatic rings. The van der Waals surface area contributed by atoms with E-state index in [-0.39, 0.29) is 12.5 Å². The second-order valence-electron chi connectivity index (χ2n) is 3.26. The Morgan fingerprint density at radius 3 is 2.65 bits per heavy atom. The Balaban J connectivity index is 2.59. The zero-order valence-electron chi connectivity index (χ0n) is 9.10. The lowest BCUT2D eigenvalue weighted by Gasteiger charge is -2.12. The van der Waals surface area contributed by atoms with E-state index >= 15 is 0 Å². The Kier molecular flexibility index (Phi) is 4.65. The van der Waals surface area contributed by atoms with E-state index in [1.54, 1.807) is 17.5 Å². The molecule has 1 rings (SSSR count). The molecule has 0 bridgehead atoms. The van der Waals surface area contributed by atoms with Crippen molar-refractivity contribution in [3.05, 3.63) is 22.4 Å². The number of carbonyl (C=O) groups is 3. The first-order chi connectivity index (χ1) is 8.00. The molecule has 0 aromatic carbocycles. The standard InChI is InChI=1S/C10H12N2O4S/c1-6(13)11-5-8(14)12-9(10(15)16)7-3-2-4-17-7/h2-4,9H,5H2,1H3,(H,11,13)(H,12,14)(H,15,16). The smallest absolute Gasteiger partial charge is 0.331 e. The van der Waals surface area contributed by atoms with Crippen LogP contribution in [0.4, 0.5) is 0 Å². The average molecular weight is 256 g/mol. The molecule has 0 saturated heterocycles. The summed E-state index contributed by atoms with van der Waals surface area (Å²) in [5.41, 5.74) is 0. The summed E-state index contributed by atoms with van der Waals surface area (Å²) in [6.07, 6.45) is 0. The predicted molar refractivity (Wildman–Crippen MR) is 61.5 cm³/mol. The molecular weight excluding hydrogens is 244 g/mol. The first-order valence-electron chi connectivity index (χ1n) is 4.80. The number of thiophene rings is 1. The minimum absolute atomic E-state index is 0.232. The molecule has 17 heavy (non-hydrogen) atoms. The third-order valence-electron chi connectivity index (χ3n) is 1.88. The highest BCUT2D eigenvalue weighted by molar-refractivity contribution is 7.10.